The predicted molar refractivity (Wildman–Crippen MR) is 95.4 cm³/mol. The Bertz CT molecular complexity index is 650. The van der Waals surface area contributed by atoms with Crippen molar-refractivity contribution in [2.45, 2.75) is 32.1 Å². The molecule has 1 aromatic rings. The van der Waals surface area contributed by atoms with Gasteiger partial charge in [0, 0.05) is 37.8 Å². The molecule has 134 valence electrons. The van der Waals surface area contributed by atoms with E-state index in [4.69, 9.17) is 0 Å². The second-order valence-corrected chi connectivity index (χ2v) is 8.41. The minimum Gasteiger partial charge on any atom is -0.350 e. The summed E-state index contributed by atoms with van der Waals surface area (Å²) in [5.74, 6) is -0.151. The summed E-state index contributed by atoms with van der Waals surface area (Å²) in [6.45, 7) is 6.55. The quantitative estimate of drug-likeness (QED) is 0.837. The first-order valence-corrected chi connectivity index (χ1v) is 9.99. The van der Waals surface area contributed by atoms with Gasteiger partial charge in [-0.2, -0.15) is 4.31 Å². The van der Waals surface area contributed by atoms with E-state index in [1.165, 1.54) is 0 Å². The summed E-state index contributed by atoms with van der Waals surface area (Å²) in [6.07, 6.45) is 0.868. The van der Waals surface area contributed by atoms with Crippen molar-refractivity contribution >= 4 is 15.9 Å². The second-order valence-electron chi connectivity index (χ2n) is 6.44. The molecule has 6 nitrogen and oxygen atoms in total. The minimum atomic E-state index is -3.31. The van der Waals surface area contributed by atoms with E-state index in [-0.39, 0.29) is 17.7 Å². The lowest BCUT2D eigenvalue weighted by Crippen LogP contribution is -2.47. The summed E-state index contributed by atoms with van der Waals surface area (Å²) < 4.78 is 26.5. The van der Waals surface area contributed by atoms with Crippen molar-refractivity contribution in [3.05, 3.63) is 35.4 Å². The maximum atomic E-state index is 12.5. The van der Waals surface area contributed by atoms with Crippen LogP contribution in [0.15, 0.2) is 24.3 Å². The van der Waals surface area contributed by atoms with E-state index in [1.807, 2.05) is 20.9 Å². The molecule has 0 aromatic heterocycles. The molecule has 0 aliphatic carbocycles. The van der Waals surface area contributed by atoms with E-state index in [0.29, 0.717) is 24.2 Å². The fourth-order valence-corrected chi connectivity index (χ4v) is 4.05. The maximum Gasteiger partial charge on any atom is 0.251 e. The van der Waals surface area contributed by atoms with Crippen LogP contribution in [-0.2, 0) is 15.8 Å². The smallest absolute Gasteiger partial charge is 0.251 e. The molecule has 1 aliphatic rings. The van der Waals surface area contributed by atoms with Crippen LogP contribution in [0.5, 0.6) is 0 Å². The van der Waals surface area contributed by atoms with Gasteiger partial charge < -0.3 is 10.2 Å². The first-order valence-electron chi connectivity index (χ1n) is 8.38. The van der Waals surface area contributed by atoms with Gasteiger partial charge in [0.05, 0.1) is 5.75 Å². The van der Waals surface area contributed by atoms with Gasteiger partial charge >= 0.3 is 0 Å². The molecule has 0 radical (unpaired) electrons. The molecule has 1 heterocycles. The molecular formula is C17H27N3O3S. The highest BCUT2D eigenvalue weighted by Gasteiger charge is 2.25. The van der Waals surface area contributed by atoms with Crippen molar-refractivity contribution in [2.75, 3.05) is 33.2 Å². The molecule has 1 aliphatic heterocycles. The molecule has 0 unspecified atom stereocenters. The summed E-state index contributed by atoms with van der Waals surface area (Å²) >= 11 is 0. The molecule has 1 aromatic carbocycles. The Hall–Kier alpha value is -1.44. The molecule has 1 N–H and O–H groups in total. The van der Waals surface area contributed by atoms with Crippen LogP contribution in [0.4, 0.5) is 0 Å². The fourth-order valence-electron chi connectivity index (χ4n) is 2.53. The third-order valence-corrected chi connectivity index (χ3v) is 6.26. The number of piperazine rings is 1. The average Bonchev–Trinajstić information content (AvgIpc) is 2.55. The maximum absolute atomic E-state index is 12.5. The van der Waals surface area contributed by atoms with E-state index in [1.54, 1.807) is 28.6 Å². The van der Waals surface area contributed by atoms with Gasteiger partial charge in [-0.3, -0.25) is 4.79 Å². The Labute approximate surface area is 144 Å². The van der Waals surface area contributed by atoms with E-state index in [2.05, 4.69) is 10.2 Å². The molecule has 0 bridgehead atoms. The van der Waals surface area contributed by atoms with Crippen LogP contribution in [0.2, 0.25) is 0 Å². The van der Waals surface area contributed by atoms with Crippen LogP contribution >= 0.6 is 0 Å². The van der Waals surface area contributed by atoms with Crippen molar-refractivity contribution in [2.24, 2.45) is 0 Å². The third-order valence-electron chi connectivity index (χ3n) is 4.41. The highest BCUT2D eigenvalue weighted by atomic mass is 32.2. The van der Waals surface area contributed by atoms with Crippen molar-refractivity contribution < 1.29 is 13.2 Å². The highest BCUT2D eigenvalue weighted by molar-refractivity contribution is 7.88. The number of nitrogens with one attached hydrogen (secondary N) is 1. The predicted octanol–water partition coefficient (Wildman–Crippen LogP) is 1.29. The standard InChI is InChI=1S/C17H27N3O3S/c1-4-14(2)18-17(21)16-7-5-15(6-8-16)13-24(22,23)20-11-9-19(3)10-12-20/h5-8,14H,4,9-13H2,1-3H3,(H,18,21)/t14-/m1/s1. The van der Waals surface area contributed by atoms with Crippen molar-refractivity contribution in [3.8, 4) is 0 Å². The van der Waals surface area contributed by atoms with Crippen LogP contribution in [0.3, 0.4) is 0 Å². The zero-order valence-corrected chi connectivity index (χ0v) is 15.5. The van der Waals surface area contributed by atoms with Crippen LogP contribution in [0, 0.1) is 0 Å². The largest absolute Gasteiger partial charge is 0.350 e. The topological polar surface area (TPSA) is 69.7 Å². The first kappa shape index (κ1) is 18.9. The molecule has 1 fully saturated rings. The van der Waals surface area contributed by atoms with Crippen molar-refractivity contribution in [1.82, 2.24) is 14.5 Å². The molecule has 1 saturated heterocycles. The molecule has 2 rings (SSSR count). The number of likely N-dealkylation sites (N-methyl/N-ethyl adjacent to an activating group) is 1. The van der Waals surface area contributed by atoms with Crippen molar-refractivity contribution in [3.63, 3.8) is 0 Å². The average molecular weight is 353 g/mol. The SMILES string of the molecule is CC[C@@H](C)NC(=O)c1ccc(CS(=O)(=O)N2CCN(C)CC2)cc1. The Morgan fingerprint density at radius 2 is 1.75 bits per heavy atom. The lowest BCUT2D eigenvalue weighted by molar-refractivity contribution is 0.0939. The lowest BCUT2D eigenvalue weighted by Gasteiger charge is -2.31. The number of carbonyl (C=O) groups is 1. The van der Waals surface area contributed by atoms with Gasteiger partial charge in [-0.25, -0.2) is 8.42 Å². The summed E-state index contributed by atoms with van der Waals surface area (Å²) in [5, 5.41) is 2.90. The number of hydrogen-bond acceptors (Lipinski definition) is 4. The van der Waals surface area contributed by atoms with E-state index in [9.17, 15) is 13.2 Å². The molecule has 0 spiro atoms. The number of benzene rings is 1. The Kier molecular flexibility index (Phi) is 6.37. The van der Waals surface area contributed by atoms with E-state index >= 15 is 0 Å². The zero-order chi connectivity index (χ0) is 17.7. The first-order chi connectivity index (χ1) is 11.3. The monoisotopic (exact) mass is 353 g/mol. The van der Waals surface area contributed by atoms with Crippen LogP contribution in [0.1, 0.15) is 36.2 Å². The number of carbonyl (C=O) groups excluding carboxylic acids is 1. The minimum absolute atomic E-state index is 0.0238. The van der Waals surface area contributed by atoms with Gasteiger partial charge in [-0.05, 0) is 38.1 Å². The molecule has 0 saturated carbocycles. The van der Waals surface area contributed by atoms with Gasteiger partial charge in [0.25, 0.3) is 5.91 Å². The summed E-state index contributed by atoms with van der Waals surface area (Å²) in [7, 11) is -1.32. The second kappa shape index (κ2) is 8.09. The Morgan fingerprint density at radius 1 is 1.17 bits per heavy atom. The zero-order valence-electron chi connectivity index (χ0n) is 14.7. The highest BCUT2D eigenvalue weighted by Crippen LogP contribution is 2.14. The number of hydrogen-bond donors (Lipinski definition) is 1. The summed E-state index contributed by atoms with van der Waals surface area (Å²) in [6, 6.07) is 6.94. The van der Waals surface area contributed by atoms with E-state index < -0.39 is 10.0 Å². The number of amides is 1. The number of nitrogens with zero attached hydrogens (tertiary/aromatic N) is 2. The Balaban J connectivity index is 1.99. The molecule has 1 amide bonds. The van der Waals surface area contributed by atoms with Gasteiger partial charge in [0.15, 0.2) is 0 Å². The Morgan fingerprint density at radius 3 is 2.29 bits per heavy atom. The van der Waals surface area contributed by atoms with E-state index in [0.717, 1.165) is 19.5 Å². The van der Waals surface area contributed by atoms with Crippen molar-refractivity contribution in [1.29, 1.82) is 0 Å². The summed E-state index contributed by atoms with van der Waals surface area (Å²) in [4.78, 5) is 14.2. The van der Waals surface area contributed by atoms with Gasteiger partial charge in [-0.1, -0.05) is 19.1 Å². The normalized spacial score (nSPS) is 18.3. The number of rotatable bonds is 6. The van der Waals surface area contributed by atoms with Gasteiger partial charge in [0.1, 0.15) is 0 Å². The van der Waals surface area contributed by atoms with Crippen LogP contribution in [0.25, 0.3) is 0 Å². The molecule has 24 heavy (non-hydrogen) atoms. The molecule has 7 heteroatoms. The van der Waals surface area contributed by atoms with Crippen LogP contribution in [-0.4, -0.2) is 62.8 Å². The summed E-state index contributed by atoms with van der Waals surface area (Å²) in [5.41, 5.74) is 1.25. The van der Waals surface area contributed by atoms with Gasteiger partial charge in [0.2, 0.25) is 10.0 Å². The van der Waals surface area contributed by atoms with Gasteiger partial charge in [-0.15, -0.1) is 0 Å². The fraction of sp³-hybridized carbons (Fsp3) is 0.588. The third kappa shape index (κ3) is 5.03. The lowest BCUT2D eigenvalue weighted by atomic mass is 10.1. The number of sulfonamides is 1. The van der Waals surface area contributed by atoms with Crippen LogP contribution < -0.4 is 5.32 Å². The molecule has 1 atom stereocenters. The molecular weight excluding hydrogens is 326 g/mol.